The van der Waals surface area contributed by atoms with Crippen molar-refractivity contribution < 1.29 is 23.5 Å². The minimum absolute atomic E-state index is 0.0121. The number of carbonyl (C=O) groups is 3. The molecule has 9 nitrogen and oxygen atoms in total. The largest absolute Gasteiger partial charge is 0.462 e. The molecule has 1 aromatic heterocycles. The van der Waals surface area contributed by atoms with E-state index in [4.69, 9.17) is 44.6 Å². The van der Waals surface area contributed by atoms with Gasteiger partial charge < -0.3 is 19.0 Å². The monoisotopic (exact) mass is 606 g/mol. The van der Waals surface area contributed by atoms with E-state index >= 15 is 0 Å². The number of hydrogen-bond donors (Lipinski definition) is 0. The molecule has 2 aliphatic rings. The summed E-state index contributed by atoms with van der Waals surface area (Å²) >= 11 is 18.5. The molecule has 2 aromatic carbocycles. The first-order valence-electron chi connectivity index (χ1n) is 12.1. The van der Waals surface area contributed by atoms with Crippen molar-refractivity contribution in [2.75, 3.05) is 55.3 Å². The molecular formula is C26H24Cl2N4O5S2. The highest BCUT2D eigenvalue weighted by atomic mass is 35.5. The number of benzene rings is 2. The van der Waals surface area contributed by atoms with Crippen LogP contribution < -0.4 is 9.80 Å². The molecule has 2 aliphatic heterocycles. The molecule has 0 atom stereocenters. The molecule has 13 heteroatoms. The van der Waals surface area contributed by atoms with Crippen molar-refractivity contribution in [1.29, 1.82) is 0 Å². The smallest absolute Gasteiger partial charge is 0.414 e. The number of thioether (sulfide) groups is 1. The maximum Gasteiger partial charge on any atom is 0.414 e. The van der Waals surface area contributed by atoms with Gasteiger partial charge >= 0.3 is 6.09 Å². The van der Waals surface area contributed by atoms with Crippen LogP contribution in [0.1, 0.15) is 5.56 Å². The number of ether oxygens (including phenoxy) is 1. The maximum atomic E-state index is 12.8. The number of rotatable bonds is 6. The summed E-state index contributed by atoms with van der Waals surface area (Å²) in [6.45, 7) is 2.30. The van der Waals surface area contributed by atoms with Crippen LogP contribution in [0, 0.1) is 0 Å². The number of hydrogen-bond acceptors (Lipinski definition) is 8. The van der Waals surface area contributed by atoms with Gasteiger partial charge in [0.2, 0.25) is 11.8 Å². The van der Waals surface area contributed by atoms with Crippen molar-refractivity contribution in [3.8, 4) is 0 Å². The number of amides is 3. The summed E-state index contributed by atoms with van der Waals surface area (Å²) in [5.41, 5.74) is 2.83. The van der Waals surface area contributed by atoms with Gasteiger partial charge in [-0.15, -0.1) is 0 Å². The Hall–Kier alpha value is -2.99. The van der Waals surface area contributed by atoms with Gasteiger partial charge in [-0.2, -0.15) is 0 Å². The van der Waals surface area contributed by atoms with Gasteiger partial charge in [0.05, 0.1) is 11.4 Å². The highest BCUT2D eigenvalue weighted by Crippen LogP contribution is 2.33. The average molecular weight is 608 g/mol. The molecule has 2 saturated heterocycles. The lowest BCUT2D eigenvalue weighted by atomic mass is 10.1. The summed E-state index contributed by atoms with van der Waals surface area (Å²) in [6, 6.07) is 10.8. The summed E-state index contributed by atoms with van der Waals surface area (Å²) in [6.07, 6.45) is 0.964. The SMILES string of the molecule is CN(C(=O)OCc1cc(Cl)cc(Cl)c1)c1coc2ccc(N3CCN(C(=O)CN4C(=O)CSC4=S)CC3)cc12. The molecule has 0 spiro atoms. The fraction of sp³-hybridized carbons (Fsp3) is 0.308. The molecule has 39 heavy (non-hydrogen) atoms. The number of thiocarbonyl (C=S) groups is 1. The van der Waals surface area contributed by atoms with E-state index in [9.17, 15) is 14.4 Å². The van der Waals surface area contributed by atoms with Crippen LogP contribution in [0.3, 0.4) is 0 Å². The molecule has 0 aliphatic carbocycles. The number of anilines is 2. The standard InChI is InChI=1S/C26H24Cl2N4O5S2/c1-29(25(35)37-13-16-8-17(27)10-18(28)9-16)21-14-36-22-3-2-19(11-20(21)22)30-4-6-31(7-5-30)23(33)12-32-24(34)15-39-26(32)38/h2-3,8-11,14H,4-7,12-13,15H2,1H3. The Bertz CT molecular complexity index is 1420. The molecule has 204 valence electrons. The van der Waals surface area contributed by atoms with Crippen LogP contribution in [0.5, 0.6) is 0 Å². The lowest BCUT2D eigenvalue weighted by Crippen LogP contribution is -2.51. The molecule has 0 saturated carbocycles. The van der Waals surface area contributed by atoms with Crippen LogP contribution in [0.15, 0.2) is 47.1 Å². The molecule has 0 unspecified atom stereocenters. The molecule has 3 aromatic rings. The van der Waals surface area contributed by atoms with Crippen LogP contribution in [-0.2, 0) is 20.9 Å². The predicted molar refractivity (Wildman–Crippen MR) is 157 cm³/mol. The Labute approximate surface area is 244 Å². The zero-order valence-electron chi connectivity index (χ0n) is 20.9. The quantitative estimate of drug-likeness (QED) is 0.361. The van der Waals surface area contributed by atoms with E-state index in [1.54, 1.807) is 30.1 Å². The molecule has 0 bridgehead atoms. The Morgan fingerprint density at radius 2 is 1.82 bits per heavy atom. The Balaban J connectivity index is 1.22. The third-order valence-electron chi connectivity index (χ3n) is 6.59. The summed E-state index contributed by atoms with van der Waals surface area (Å²) in [5, 5.41) is 1.69. The lowest BCUT2D eigenvalue weighted by molar-refractivity contribution is -0.136. The lowest BCUT2D eigenvalue weighted by Gasteiger charge is -2.36. The van der Waals surface area contributed by atoms with Crippen molar-refractivity contribution in [2.24, 2.45) is 0 Å². The van der Waals surface area contributed by atoms with Gasteiger partial charge in [-0.05, 0) is 42.0 Å². The number of carbonyl (C=O) groups excluding carboxylic acids is 3. The topological polar surface area (TPSA) is 86.5 Å². The summed E-state index contributed by atoms with van der Waals surface area (Å²) in [7, 11) is 1.62. The van der Waals surface area contributed by atoms with E-state index in [2.05, 4.69) is 4.90 Å². The highest BCUT2D eigenvalue weighted by Gasteiger charge is 2.31. The fourth-order valence-electron chi connectivity index (χ4n) is 4.48. The summed E-state index contributed by atoms with van der Waals surface area (Å²) in [5.74, 6) is 0.0618. The molecule has 0 N–H and O–H groups in total. The first-order valence-corrected chi connectivity index (χ1v) is 14.2. The van der Waals surface area contributed by atoms with Crippen molar-refractivity contribution in [3.05, 3.63) is 58.3 Å². The van der Waals surface area contributed by atoms with Crippen LogP contribution in [0.2, 0.25) is 10.0 Å². The van der Waals surface area contributed by atoms with Crippen molar-refractivity contribution in [1.82, 2.24) is 9.80 Å². The summed E-state index contributed by atoms with van der Waals surface area (Å²) in [4.78, 5) is 44.2. The number of nitrogens with zero attached hydrogens (tertiary/aromatic N) is 4. The molecule has 3 amide bonds. The van der Waals surface area contributed by atoms with Crippen LogP contribution in [0.25, 0.3) is 11.0 Å². The minimum atomic E-state index is -0.555. The number of halogens is 2. The number of fused-ring (bicyclic) bond motifs is 1. The van der Waals surface area contributed by atoms with E-state index < -0.39 is 6.09 Å². The maximum absolute atomic E-state index is 12.8. The van der Waals surface area contributed by atoms with Gasteiger partial charge in [-0.25, -0.2) is 4.79 Å². The zero-order chi connectivity index (χ0) is 27.7. The van der Waals surface area contributed by atoms with Crippen molar-refractivity contribution >= 4 is 91.8 Å². The zero-order valence-corrected chi connectivity index (χ0v) is 24.0. The van der Waals surface area contributed by atoms with E-state index in [1.165, 1.54) is 27.8 Å². The number of piperazine rings is 1. The predicted octanol–water partition coefficient (Wildman–Crippen LogP) is 5.02. The van der Waals surface area contributed by atoms with E-state index in [1.807, 2.05) is 18.2 Å². The van der Waals surface area contributed by atoms with Gasteiger partial charge in [0, 0.05) is 54.3 Å². The van der Waals surface area contributed by atoms with Crippen LogP contribution in [0.4, 0.5) is 16.2 Å². The van der Waals surface area contributed by atoms with Gasteiger partial charge in [0.25, 0.3) is 0 Å². The molecular weight excluding hydrogens is 583 g/mol. The summed E-state index contributed by atoms with van der Waals surface area (Å²) < 4.78 is 11.6. The third-order valence-corrected chi connectivity index (χ3v) is 8.46. The Morgan fingerprint density at radius 1 is 1.10 bits per heavy atom. The second-order valence-electron chi connectivity index (χ2n) is 9.10. The first kappa shape index (κ1) is 27.6. The first-order chi connectivity index (χ1) is 18.7. The Morgan fingerprint density at radius 3 is 2.49 bits per heavy atom. The van der Waals surface area contributed by atoms with Crippen LogP contribution in [-0.4, -0.2) is 77.6 Å². The van der Waals surface area contributed by atoms with Gasteiger partial charge in [-0.1, -0.05) is 47.2 Å². The van der Waals surface area contributed by atoms with Crippen molar-refractivity contribution in [2.45, 2.75) is 6.61 Å². The van der Waals surface area contributed by atoms with E-state index in [-0.39, 0.29) is 25.0 Å². The third kappa shape index (κ3) is 6.11. The number of furan rings is 1. The minimum Gasteiger partial charge on any atom is -0.462 e. The average Bonchev–Trinajstić information content (AvgIpc) is 3.48. The molecule has 0 radical (unpaired) electrons. The highest BCUT2D eigenvalue weighted by molar-refractivity contribution is 8.23. The van der Waals surface area contributed by atoms with Gasteiger partial charge in [-0.3, -0.25) is 19.4 Å². The van der Waals surface area contributed by atoms with E-state index in [0.29, 0.717) is 63.1 Å². The Kier molecular flexibility index (Phi) is 8.22. The van der Waals surface area contributed by atoms with Crippen molar-refractivity contribution in [3.63, 3.8) is 0 Å². The second-order valence-corrected chi connectivity index (χ2v) is 11.6. The van der Waals surface area contributed by atoms with Gasteiger partial charge in [0.1, 0.15) is 29.3 Å². The fourth-order valence-corrected chi connectivity index (χ4v) is 6.12. The molecule has 5 rings (SSSR count). The van der Waals surface area contributed by atoms with Gasteiger partial charge in [0.15, 0.2) is 0 Å². The second kappa shape index (κ2) is 11.6. The van der Waals surface area contributed by atoms with E-state index in [0.717, 1.165) is 11.1 Å². The van der Waals surface area contributed by atoms with Crippen LogP contribution >= 0.6 is 47.2 Å². The molecule has 2 fully saturated rings. The normalized spacial score (nSPS) is 15.8. The molecule has 3 heterocycles.